The van der Waals surface area contributed by atoms with Gasteiger partial charge in [0, 0.05) is 13.0 Å². The number of rotatable bonds is 18. The van der Waals surface area contributed by atoms with Gasteiger partial charge in [0.05, 0.1) is 13.0 Å². The number of aliphatic carboxylic acids is 2. The van der Waals surface area contributed by atoms with Crippen molar-refractivity contribution in [3.05, 3.63) is 71.8 Å². The number of carbonyl (C=O) groups is 6. The Labute approximate surface area is 248 Å². The van der Waals surface area contributed by atoms with Crippen molar-refractivity contribution >= 4 is 35.7 Å². The third kappa shape index (κ3) is 13.5. The monoisotopic (exact) mass is 598 g/mol. The van der Waals surface area contributed by atoms with Crippen molar-refractivity contribution in [2.24, 2.45) is 5.73 Å². The number of nitrogens with two attached hydrogens (primary N) is 1. The standard InChI is InChI=1S/C29H38N6O8/c30-14-8-7-13-21(28(41)42)34-26(39)22(15-19-9-3-1-4-10-19)35-27(40)23(16-25(37)38)33-24(36)18-32-29(43)31-17-20-11-5-2-6-12-20/h1-6,9-12,21-23H,7-8,13-18,30H2,(H,33,36)(H,34,39)(H,35,40)(H,37,38)(H,41,42)(H2,31,32,43)/t21-,22+,23-/m0/s1. The van der Waals surface area contributed by atoms with Gasteiger partial charge in [-0.25, -0.2) is 9.59 Å². The number of nitrogens with one attached hydrogen (secondary N) is 5. The van der Waals surface area contributed by atoms with Crippen molar-refractivity contribution in [1.29, 1.82) is 0 Å². The Bertz CT molecular complexity index is 1230. The van der Waals surface area contributed by atoms with Crippen LogP contribution in [0.1, 0.15) is 36.8 Å². The zero-order chi connectivity index (χ0) is 31.6. The molecule has 232 valence electrons. The van der Waals surface area contributed by atoms with Gasteiger partial charge in [-0.05, 0) is 36.9 Å². The molecule has 2 aromatic rings. The van der Waals surface area contributed by atoms with E-state index < -0.39 is 66.8 Å². The quantitative estimate of drug-likeness (QED) is 0.107. The van der Waals surface area contributed by atoms with Gasteiger partial charge in [-0.1, -0.05) is 60.7 Å². The first kappa shape index (κ1) is 34.2. The Kier molecular flexibility index (Phi) is 14.7. The van der Waals surface area contributed by atoms with Gasteiger partial charge < -0.3 is 42.5 Å². The summed E-state index contributed by atoms with van der Waals surface area (Å²) < 4.78 is 0. The van der Waals surface area contributed by atoms with Gasteiger partial charge in [0.2, 0.25) is 17.7 Å². The normalized spacial score (nSPS) is 12.6. The number of urea groups is 1. The van der Waals surface area contributed by atoms with Gasteiger partial charge in [0.1, 0.15) is 18.1 Å². The SMILES string of the molecule is NCCCC[C@H](NC(=O)[C@@H](Cc1ccccc1)NC(=O)[C@H](CC(=O)O)NC(=O)CNC(=O)NCc1ccccc1)C(=O)O. The fourth-order valence-electron chi connectivity index (χ4n) is 3.98. The number of benzene rings is 2. The maximum Gasteiger partial charge on any atom is 0.326 e. The van der Waals surface area contributed by atoms with Crippen LogP contribution >= 0.6 is 0 Å². The van der Waals surface area contributed by atoms with E-state index >= 15 is 0 Å². The molecule has 0 fully saturated rings. The number of amides is 5. The zero-order valence-corrected chi connectivity index (χ0v) is 23.6. The van der Waals surface area contributed by atoms with E-state index in [0.717, 1.165) is 5.56 Å². The van der Waals surface area contributed by atoms with Crippen molar-refractivity contribution < 1.29 is 39.0 Å². The summed E-state index contributed by atoms with van der Waals surface area (Å²) in [6.07, 6.45) is 0.283. The average Bonchev–Trinajstić information content (AvgIpc) is 2.98. The van der Waals surface area contributed by atoms with Crippen LogP contribution in [0.5, 0.6) is 0 Å². The topological polar surface area (TPSA) is 229 Å². The minimum atomic E-state index is -1.59. The summed E-state index contributed by atoms with van der Waals surface area (Å²) in [5.41, 5.74) is 6.94. The predicted molar refractivity (Wildman–Crippen MR) is 155 cm³/mol. The first-order valence-electron chi connectivity index (χ1n) is 13.7. The molecule has 0 aliphatic rings. The highest BCUT2D eigenvalue weighted by Crippen LogP contribution is 2.07. The molecular weight excluding hydrogens is 560 g/mol. The first-order chi connectivity index (χ1) is 20.6. The van der Waals surface area contributed by atoms with Gasteiger partial charge in [0.15, 0.2) is 0 Å². The van der Waals surface area contributed by atoms with Gasteiger partial charge in [-0.15, -0.1) is 0 Å². The van der Waals surface area contributed by atoms with Crippen LogP contribution in [0, 0.1) is 0 Å². The fourth-order valence-corrected chi connectivity index (χ4v) is 3.98. The molecule has 9 N–H and O–H groups in total. The highest BCUT2D eigenvalue weighted by Gasteiger charge is 2.30. The van der Waals surface area contributed by atoms with E-state index in [4.69, 9.17) is 5.73 Å². The van der Waals surface area contributed by atoms with Gasteiger partial charge in [0.25, 0.3) is 0 Å². The lowest BCUT2D eigenvalue weighted by atomic mass is 10.0. The van der Waals surface area contributed by atoms with Crippen LogP contribution in [-0.2, 0) is 36.9 Å². The lowest BCUT2D eigenvalue weighted by Gasteiger charge is -2.24. The first-order valence-corrected chi connectivity index (χ1v) is 13.7. The van der Waals surface area contributed by atoms with Crippen molar-refractivity contribution in [3.8, 4) is 0 Å². The summed E-state index contributed by atoms with van der Waals surface area (Å²) in [4.78, 5) is 74.1. The van der Waals surface area contributed by atoms with E-state index in [2.05, 4.69) is 26.6 Å². The fraction of sp³-hybridized carbons (Fsp3) is 0.379. The summed E-state index contributed by atoms with van der Waals surface area (Å²) in [6, 6.07) is 12.9. The number of hydrogen-bond acceptors (Lipinski definition) is 7. The number of carboxylic acid groups (broad SMARTS) is 2. The van der Waals surface area contributed by atoms with Crippen LogP contribution in [0.3, 0.4) is 0 Å². The number of carboxylic acids is 2. The minimum absolute atomic E-state index is 0.0373. The zero-order valence-electron chi connectivity index (χ0n) is 23.6. The molecule has 0 bridgehead atoms. The summed E-state index contributed by atoms with van der Waals surface area (Å²) in [7, 11) is 0. The molecule has 0 aromatic heterocycles. The van der Waals surface area contributed by atoms with Gasteiger partial charge in [-0.2, -0.15) is 0 Å². The molecule has 0 radical (unpaired) electrons. The van der Waals surface area contributed by atoms with Crippen LogP contribution in [0.15, 0.2) is 60.7 Å². The molecule has 0 aliphatic carbocycles. The Morgan fingerprint density at radius 3 is 1.86 bits per heavy atom. The molecule has 0 saturated carbocycles. The van der Waals surface area contributed by atoms with Crippen molar-refractivity contribution in [1.82, 2.24) is 26.6 Å². The molecule has 14 nitrogen and oxygen atoms in total. The smallest absolute Gasteiger partial charge is 0.326 e. The van der Waals surface area contributed by atoms with Crippen molar-refractivity contribution in [3.63, 3.8) is 0 Å². The molecule has 0 saturated heterocycles. The summed E-state index contributed by atoms with van der Waals surface area (Å²) in [5.74, 6) is -5.27. The molecular formula is C29H38N6O8. The Hall–Kier alpha value is -4.98. The minimum Gasteiger partial charge on any atom is -0.481 e. The Morgan fingerprint density at radius 2 is 1.28 bits per heavy atom. The third-order valence-electron chi connectivity index (χ3n) is 6.21. The number of carbonyl (C=O) groups excluding carboxylic acids is 4. The lowest BCUT2D eigenvalue weighted by molar-refractivity contribution is -0.143. The molecule has 3 atom stereocenters. The van der Waals surface area contributed by atoms with Gasteiger partial charge >= 0.3 is 18.0 Å². The van der Waals surface area contributed by atoms with Crippen LogP contribution in [0.4, 0.5) is 4.79 Å². The number of hydrogen-bond donors (Lipinski definition) is 8. The largest absolute Gasteiger partial charge is 0.481 e. The molecule has 14 heteroatoms. The highest BCUT2D eigenvalue weighted by atomic mass is 16.4. The van der Waals surface area contributed by atoms with Gasteiger partial charge in [-0.3, -0.25) is 19.2 Å². The van der Waals surface area contributed by atoms with Crippen molar-refractivity contribution in [2.45, 2.75) is 56.8 Å². The van der Waals surface area contributed by atoms with E-state index in [1.165, 1.54) is 0 Å². The van der Waals surface area contributed by atoms with Crippen molar-refractivity contribution in [2.75, 3.05) is 13.1 Å². The summed E-state index contributed by atoms with van der Waals surface area (Å²) in [5, 5.41) is 30.9. The second-order valence-electron chi connectivity index (χ2n) is 9.67. The summed E-state index contributed by atoms with van der Waals surface area (Å²) >= 11 is 0. The van der Waals surface area contributed by atoms with Crippen LogP contribution < -0.4 is 32.3 Å². The lowest BCUT2D eigenvalue weighted by Crippen LogP contribution is -2.57. The van der Waals surface area contributed by atoms with Crippen LogP contribution in [0.2, 0.25) is 0 Å². The molecule has 0 aliphatic heterocycles. The Morgan fingerprint density at radius 1 is 0.698 bits per heavy atom. The second kappa shape index (κ2) is 18.5. The maximum absolute atomic E-state index is 13.2. The maximum atomic E-state index is 13.2. The third-order valence-corrected chi connectivity index (χ3v) is 6.21. The molecule has 5 amide bonds. The molecule has 0 heterocycles. The highest BCUT2D eigenvalue weighted by molar-refractivity contribution is 5.95. The molecule has 43 heavy (non-hydrogen) atoms. The molecule has 2 rings (SSSR count). The molecule has 0 spiro atoms. The second-order valence-corrected chi connectivity index (χ2v) is 9.67. The van der Waals surface area contributed by atoms with E-state index in [9.17, 15) is 39.0 Å². The summed E-state index contributed by atoms with van der Waals surface area (Å²) in [6.45, 7) is 0.0115. The van der Waals surface area contributed by atoms with E-state index in [0.29, 0.717) is 24.9 Å². The number of unbranched alkanes of at least 4 members (excludes halogenated alkanes) is 1. The van der Waals surface area contributed by atoms with E-state index in [1.807, 2.05) is 6.07 Å². The predicted octanol–water partition coefficient (Wildman–Crippen LogP) is -0.129. The molecule has 0 unspecified atom stereocenters. The average molecular weight is 599 g/mol. The van der Waals surface area contributed by atoms with Crippen LogP contribution in [0.25, 0.3) is 0 Å². The van der Waals surface area contributed by atoms with E-state index in [1.54, 1.807) is 54.6 Å². The molecule has 2 aromatic carbocycles. The van der Waals surface area contributed by atoms with Crippen LogP contribution in [-0.4, -0.2) is 77.1 Å². The van der Waals surface area contributed by atoms with E-state index in [-0.39, 0.29) is 19.4 Å². The Balaban J connectivity index is 2.06.